The topological polar surface area (TPSA) is 67.9 Å². The van der Waals surface area contributed by atoms with Crippen LogP contribution in [-0.4, -0.2) is 31.3 Å². The Kier molecular flexibility index (Phi) is 5.63. The van der Waals surface area contributed by atoms with E-state index in [1.165, 1.54) is 16.7 Å². The number of hydrogen-bond donors (Lipinski definition) is 2. The maximum atomic E-state index is 9.12. The minimum atomic E-state index is 0.107. The Balaban J connectivity index is 1.65. The van der Waals surface area contributed by atoms with Gasteiger partial charge in [-0.25, -0.2) is 0 Å². The number of aryl methyl sites for hydroxylation is 1. The second-order valence-electron chi connectivity index (χ2n) is 6.17. The highest BCUT2D eigenvalue weighted by Gasteiger charge is 2.11. The number of nitrogens with one attached hydrogen (secondary N) is 1. The van der Waals surface area contributed by atoms with Crippen LogP contribution in [0.5, 0.6) is 0 Å². The molecule has 0 spiro atoms. The van der Waals surface area contributed by atoms with E-state index in [1.807, 2.05) is 28.6 Å². The highest BCUT2D eigenvalue weighted by molar-refractivity contribution is 5.28. The van der Waals surface area contributed by atoms with Gasteiger partial charge in [0.15, 0.2) is 0 Å². The second kappa shape index (κ2) is 8.09. The number of aliphatic hydroxyl groups excluding tert-OH is 1. The van der Waals surface area contributed by atoms with Crippen molar-refractivity contribution in [3.8, 4) is 0 Å². The van der Waals surface area contributed by atoms with Gasteiger partial charge in [0.25, 0.3) is 0 Å². The molecule has 6 heteroatoms. The summed E-state index contributed by atoms with van der Waals surface area (Å²) < 4.78 is 3.81. The molecule has 2 heterocycles. The van der Waals surface area contributed by atoms with Gasteiger partial charge in [-0.2, -0.15) is 10.2 Å². The van der Waals surface area contributed by atoms with Gasteiger partial charge in [-0.05, 0) is 31.0 Å². The normalized spacial score (nSPS) is 11.2. The molecule has 2 aromatic heterocycles. The first kappa shape index (κ1) is 17.4. The maximum absolute atomic E-state index is 9.12. The van der Waals surface area contributed by atoms with Gasteiger partial charge in [-0.3, -0.25) is 9.36 Å². The van der Waals surface area contributed by atoms with E-state index in [0.717, 1.165) is 31.0 Å². The standard InChI is InChI=1S/C19H25N5O/c1-15-19(16(2)24(22-15)10-11-25)13-20-12-17-6-3-4-7-18(17)14-23-9-5-8-21-23/h3-9,20,25H,10-14H2,1-2H3. The van der Waals surface area contributed by atoms with Crippen molar-refractivity contribution in [1.29, 1.82) is 0 Å². The summed E-state index contributed by atoms with van der Waals surface area (Å²) in [5.41, 5.74) is 5.88. The summed E-state index contributed by atoms with van der Waals surface area (Å²) in [5.74, 6) is 0. The molecule has 0 bridgehead atoms. The summed E-state index contributed by atoms with van der Waals surface area (Å²) in [6.07, 6.45) is 3.78. The molecule has 3 aromatic rings. The smallest absolute Gasteiger partial charge is 0.0662 e. The van der Waals surface area contributed by atoms with Crippen molar-refractivity contribution < 1.29 is 5.11 Å². The van der Waals surface area contributed by atoms with Crippen molar-refractivity contribution in [2.45, 2.75) is 40.0 Å². The first-order valence-electron chi connectivity index (χ1n) is 8.57. The molecule has 0 saturated carbocycles. The van der Waals surface area contributed by atoms with E-state index in [9.17, 15) is 0 Å². The van der Waals surface area contributed by atoms with Crippen molar-refractivity contribution >= 4 is 0 Å². The Morgan fingerprint density at radius 1 is 1.08 bits per heavy atom. The summed E-state index contributed by atoms with van der Waals surface area (Å²) in [6, 6.07) is 10.4. The quantitative estimate of drug-likeness (QED) is 0.659. The fourth-order valence-corrected chi connectivity index (χ4v) is 3.08. The minimum Gasteiger partial charge on any atom is -0.394 e. The van der Waals surface area contributed by atoms with Gasteiger partial charge in [-0.1, -0.05) is 24.3 Å². The lowest BCUT2D eigenvalue weighted by Crippen LogP contribution is -2.16. The molecule has 0 atom stereocenters. The van der Waals surface area contributed by atoms with Crippen molar-refractivity contribution in [1.82, 2.24) is 24.9 Å². The van der Waals surface area contributed by atoms with Crippen molar-refractivity contribution in [2.24, 2.45) is 0 Å². The molecule has 0 aliphatic carbocycles. The molecule has 2 N–H and O–H groups in total. The molecule has 6 nitrogen and oxygen atoms in total. The minimum absolute atomic E-state index is 0.107. The second-order valence-corrected chi connectivity index (χ2v) is 6.17. The number of nitrogens with zero attached hydrogens (tertiary/aromatic N) is 4. The van der Waals surface area contributed by atoms with E-state index in [4.69, 9.17) is 5.11 Å². The van der Waals surface area contributed by atoms with Gasteiger partial charge in [0, 0.05) is 36.7 Å². The largest absolute Gasteiger partial charge is 0.394 e. The molecule has 0 amide bonds. The van der Waals surface area contributed by atoms with Crippen LogP contribution in [0.2, 0.25) is 0 Å². The Labute approximate surface area is 148 Å². The molecule has 1 aromatic carbocycles. The van der Waals surface area contributed by atoms with E-state index in [1.54, 1.807) is 6.20 Å². The van der Waals surface area contributed by atoms with Crippen LogP contribution < -0.4 is 5.32 Å². The number of hydrogen-bond acceptors (Lipinski definition) is 4. The van der Waals surface area contributed by atoms with Crippen LogP contribution in [0.4, 0.5) is 0 Å². The van der Waals surface area contributed by atoms with Crippen molar-refractivity contribution in [3.05, 3.63) is 70.8 Å². The molecule has 0 unspecified atom stereocenters. The lowest BCUT2D eigenvalue weighted by atomic mass is 10.1. The molecule has 25 heavy (non-hydrogen) atoms. The zero-order chi connectivity index (χ0) is 17.6. The SMILES string of the molecule is Cc1nn(CCO)c(C)c1CNCc1ccccc1Cn1cccn1. The monoisotopic (exact) mass is 339 g/mol. The molecule has 0 aliphatic rings. The van der Waals surface area contributed by atoms with Crippen LogP contribution in [0, 0.1) is 13.8 Å². The molecule has 0 saturated heterocycles. The van der Waals surface area contributed by atoms with Gasteiger partial charge in [0.1, 0.15) is 0 Å². The fourth-order valence-electron chi connectivity index (χ4n) is 3.08. The summed E-state index contributed by atoms with van der Waals surface area (Å²) >= 11 is 0. The summed E-state index contributed by atoms with van der Waals surface area (Å²) in [4.78, 5) is 0. The summed E-state index contributed by atoms with van der Waals surface area (Å²) in [5, 5.41) is 21.4. The van der Waals surface area contributed by atoms with E-state index < -0.39 is 0 Å². The molecule has 0 radical (unpaired) electrons. The average molecular weight is 339 g/mol. The Morgan fingerprint density at radius 2 is 1.88 bits per heavy atom. The van der Waals surface area contributed by atoms with Crippen LogP contribution in [0.3, 0.4) is 0 Å². The average Bonchev–Trinajstić information content (AvgIpc) is 3.20. The highest BCUT2D eigenvalue weighted by Crippen LogP contribution is 2.14. The van der Waals surface area contributed by atoms with E-state index >= 15 is 0 Å². The van der Waals surface area contributed by atoms with E-state index in [-0.39, 0.29) is 6.61 Å². The van der Waals surface area contributed by atoms with Crippen LogP contribution in [0.25, 0.3) is 0 Å². The fraction of sp³-hybridized carbons (Fsp3) is 0.368. The van der Waals surface area contributed by atoms with Crippen LogP contribution >= 0.6 is 0 Å². The third-order valence-electron chi connectivity index (χ3n) is 4.47. The molecule has 3 rings (SSSR count). The molecule has 0 fully saturated rings. The van der Waals surface area contributed by atoms with Crippen LogP contribution in [0.1, 0.15) is 28.1 Å². The molecular weight excluding hydrogens is 314 g/mol. The van der Waals surface area contributed by atoms with Gasteiger partial charge in [0.05, 0.1) is 25.4 Å². The van der Waals surface area contributed by atoms with E-state index in [0.29, 0.717) is 6.54 Å². The van der Waals surface area contributed by atoms with Gasteiger partial charge in [-0.15, -0.1) is 0 Å². The number of aliphatic hydroxyl groups is 1. The maximum Gasteiger partial charge on any atom is 0.0662 e. The zero-order valence-electron chi connectivity index (χ0n) is 14.8. The Bertz CT molecular complexity index is 807. The lowest BCUT2D eigenvalue weighted by molar-refractivity contribution is 0.267. The summed E-state index contributed by atoms with van der Waals surface area (Å²) in [7, 11) is 0. The number of rotatable bonds is 8. The third-order valence-corrected chi connectivity index (χ3v) is 4.47. The van der Waals surface area contributed by atoms with E-state index in [2.05, 4.69) is 46.7 Å². The predicted octanol–water partition coefficient (Wildman–Crippen LogP) is 2.03. The number of aromatic nitrogens is 4. The van der Waals surface area contributed by atoms with Crippen LogP contribution in [-0.2, 0) is 26.2 Å². The number of benzene rings is 1. The van der Waals surface area contributed by atoms with Gasteiger partial charge < -0.3 is 10.4 Å². The predicted molar refractivity (Wildman–Crippen MR) is 97.1 cm³/mol. The Morgan fingerprint density at radius 3 is 2.60 bits per heavy atom. The summed E-state index contributed by atoms with van der Waals surface area (Å²) in [6.45, 7) is 7.05. The van der Waals surface area contributed by atoms with Crippen molar-refractivity contribution in [3.63, 3.8) is 0 Å². The van der Waals surface area contributed by atoms with Crippen LogP contribution in [0.15, 0.2) is 42.7 Å². The lowest BCUT2D eigenvalue weighted by Gasteiger charge is -2.11. The first-order valence-corrected chi connectivity index (χ1v) is 8.57. The zero-order valence-corrected chi connectivity index (χ0v) is 14.8. The molecule has 0 aliphatic heterocycles. The van der Waals surface area contributed by atoms with Gasteiger partial charge in [0.2, 0.25) is 0 Å². The Hall–Kier alpha value is -2.44. The molecular formula is C19H25N5O. The molecule has 132 valence electrons. The van der Waals surface area contributed by atoms with Crippen molar-refractivity contribution in [2.75, 3.05) is 6.61 Å². The first-order chi connectivity index (χ1) is 12.2. The third kappa shape index (κ3) is 4.15. The van der Waals surface area contributed by atoms with Gasteiger partial charge >= 0.3 is 0 Å². The highest BCUT2D eigenvalue weighted by atomic mass is 16.3.